The molecule has 1 aromatic heterocycles. The zero-order valence-electron chi connectivity index (χ0n) is 24.1. The summed E-state index contributed by atoms with van der Waals surface area (Å²) >= 11 is 6.41. The molecule has 0 fully saturated rings. The Bertz CT molecular complexity index is 1410. The number of hydrogen-bond donors (Lipinski definition) is 0. The highest BCUT2D eigenvalue weighted by atomic mass is 35.5. The van der Waals surface area contributed by atoms with Crippen LogP contribution in [0.4, 0.5) is 16.3 Å². The number of ether oxygens (including phenoxy) is 3. The molecule has 2 aromatic carbocycles. The lowest BCUT2D eigenvalue weighted by Gasteiger charge is -2.28. The van der Waals surface area contributed by atoms with Crippen molar-refractivity contribution < 1.29 is 23.8 Å². The molecule has 1 aliphatic rings. The van der Waals surface area contributed by atoms with Crippen LogP contribution in [-0.2, 0) is 33.5 Å². The lowest BCUT2D eigenvalue weighted by atomic mass is 10.1. The number of benzene rings is 2. The molecule has 0 aliphatic heterocycles. The molecule has 8 nitrogen and oxygen atoms in total. The number of anilines is 2. The van der Waals surface area contributed by atoms with Crippen LogP contribution in [0.5, 0.6) is 5.75 Å². The van der Waals surface area contributed by atoms with Gasteiger partial charge in [0.15, 0.2) is 5.82 Å². The first kappa shape index (κ1) is 29.3. The lowest BCUT2D eigenvalue weighted by Crippen LogP contribution is -2.35. The average molecular weight is 566 g/mol. The zero-order chi connectivity index (χ0) is 29.2. The molecule has 0 bridgehead atoms. The Balaban J connectivity index is 1.77. The summed E-state index contributed by atoms with van der Waals surface area (Å²) in [6.45, 7) is 11.0. The molecule has 0 N–H and O–H groups in total. The number of hydrogen-bond acceptors (Lipinski definition) is 7. The molecule has 1 heterocycles. The fourth-order valence-electron chi connectivity index (χ4n) is 4.46. The molecule has 40 heavy (non-hydrogen) atoms. The summed E-state index contributed by atoms with van der Waals surface area (Å²) in [5.74, 6) is 1.16. The molecule has 0 unspecified atom stereocenters. The van der Waals surface area contributed by atoms with E-state index in [1.165, 1.54) is 4.90 Å². The Morgan fingerprint density at radius 3 is 2.20 bits per heavy atom. The molecular formula is C31H36ClN3O5. The molecular weight excluding hydrogens is 530 g/mol. The van der Waals surface area contributed by atoms with Gasteiger partial charge in [0, 0.05) is 16.8 Å². The van der Waals surface area contributed by atoms with Gasteiger partial charge in [0.05, 0.1) is 24.2 Å². The summed E-state index contributed by atoms with van der Waals surface area (Å²) in [5.41, 5.74) is 2.54. The first-order valence-electron chi connectivity index (χ1n) is 13.3. The summed E-state index contributed by atoms with van der Waals surface area (Å²) in [4.78, 5) is 37.3. The monoisotopic (exact) mass is 565 g/mol. The minimum atomic E-state index is -0.728. The Morgan fingerprint density at radius 1 is 0.925 bits per heavy atom. The van der Waals surface area contributed by atoms with Crippen LogP contribution in [0.3, 0.4) is 0 Å². The third kappa shape index (κ3) is 7.10. The Kier molecular flexibility index (Phi) is 8.40. The number of aryl methyl sites for hydroxylation is 1. The number of esters is 1. The molecule has 3 aromatic rings. The normalized spacial score (nSPS) is 13.0. The van der Waals surface area contributed by atoms with Crippen LogP contribution in [0.15, 0.2) is 42.5 Å². The molecule has 9 heteroatoms. The van der Waals surface area contributed by atoms with Crippen molar-refractivity contribution in [1.29, 1.82) is 0 Å². The number of rotatable bonds is 6. The van der Waals surface area contributed by atoms with Gasteiger partial charge in [0.2, 0.25) is 0 Å². The van der Waals surface area contributed by atoms with Crippen molar-refractivity contribution in [2.24, 2.45) is 0 Å². The zero-order valence-corrected chi connectivity index (χ0v) is 24.9. The Hall–Kier alpha value is -3.65. The first-order valence-corrected chi connectivity index (χ1v) is 13.7. The lowest BCUT2D eigenvalue weighted by molar-refractivity contribution is -0.153. The van der Waals surface area contributed by atoms with Crippen LogP contribution < -0.4 is 9.64 Å². The highest BCUT2D eigenvalue weighted by Gasteiger charge is 2.31. The maximum atomic E-state index is 13.7. The molecule has 0 radical (unpaired) electrons. The summed E-state index contributed by atoms with van der Waals surface area (Å²) in [5, 5.41) is 0.440. The van der Waals surface area contributed by atoms with Crippen molar-refractivity contribution in [3.05, 3.63) is 64.3 Å². The van der Waals surface area contributed by atoms with E-state index in [-0.39, 0.29) is 12.4 Å². The van der Waals surface area contributed by atoms with E-state index in [0.29, 0.717) is 33.7 Å². The quantitative estimate of drug-likeness (QED) is 0.291. The standard InChI is InChI=1S/C31H36ClN3O5/c1-30(2,3)39-26(36)17-19-11-14-21(15-12-19)35(29(37)40-31(4,5)6)28-22-9-8-10-24(22)33-27(34-28)20-13-16-25(38-7)23(32)18-20/h11-16,18H,8-10,17H2,1-7H3. The van der Waals surface area contributed by atoms with Gasteiger partial charge in [-0.2, -0.15) is 0 Å². The highest BCUT2D eigenvalue weighted by molar-refractivity contribution is 6.32. The highest BCUT2D eigenvalue weighted by Crippen LogP contribution is 2.37. The first-order chi connectivity index (χ1) is 18.7. The van der Waals surface area contributed by atoms with Gasteiger partial charge in [-0.05, 0) is 96.7 Å². The molecule has 212 valence electrons. The number of carbonyl (C=O) groups excluding carboxylic acids is 2. The predicted octanol–water partition coefficient (Wildman–Crippen LogP) is 7.25. The smallest absolute Gasteiger partial charge is 0.420 e. The molecule has 1 aliphatic carbocycles. The van der Waals surface area contributed by atoms with Crippen molar-refractivity contribution >= 4 is 35.2 Å². The largest absolute Gasteiger partial charge is 0.495 e. The molecule has 4 rings (SSSR count). The SMILES string of the molecule is COc1ccc(-c2nc3c(c(N(C(=O)OC(C)(C)C)c4ccc(CC(=O)OC(C)(C)C)cc4)n2)CCC3)cc1Cl. The van der Waals surface area contributed by atoms with Crippen LogP contribution >= 0.6 is 11.6 Å². The van der Waals surface area contributed by atoms with Gasteiger partial charge in [-0.1, -0.05) is 23.7 Å². The minimum Gasteiger partial charge on any atom is -0.495 e. The van der Waals surface area contributed by atoms with E-state index < -0.39 is 17.3 Å². The van der Waals surface area contributed by atoms with Gasteiger partial charge in [-0.3, -0.25) is 4.79 Å². The van der Waals surface area contributed by atoms with Gasteiger partial charge in [-0.15, -0.1) is 0 Å². The Labute approximate surface area is 240 Å². The van der Waals surface area contributed by atoms with E-state index in [2.05, 4.69) is 0 Å². The van der Waals surface area contributed by atoms with Gasteiger partial charge < -0.3 is 14.2 Å². The van der Waals surface area contributed by atoms with Crippen molar-refractivity contribution in [3.63, 3.8) is 0 Å². The predicted molar refractivity (Wildman–Crippen MR) is 155 cm³/mol. The Morgan fingerprint density at radius 2 is 1.60 bits per heavy atom. The number of aromatic nitrogens is 2. The van der Waals surface area contributed by atoms with Crippen molar-refractivity contribution in [2.75, 3.05) is 12.0 Å². The van der Waals surface area contributed by atoms with E-state index in [9.17, 15) is 9.59 Å². The summed E-state index contributed by atoms with van der Waals surface area (Å²) < 4.78 is 16.6. The topological polar surface area (TPSA) is 90.8 Å². The molecule has 1 amide bonds. The number of halogens is 1. The van der Waals surface area contributed by atoms with Crippen LogP contribution in [0, 0.1) is 0 Å². The van der Waals surface area contributed by atoms with E-state index in [0.717, 1.165) is 36.1 Å². The van der Waals surface area contributed by atoms with Gasteiger partial charge in [0.1, 0.15) is 22.8 Å². The van der Waals surface area contributed by atoms with E-state index in [1.807, 2.05) is 59.7 Å². The van der Waals surface area contributed by atoms with E-state index in [1.54, 1.807) is 31.4 Å². The van der Waals surface area contributed by atoms with Gasteiger partial charge in [0.25, 0.3) is 0 Å². The van der Waals surface area contributed by atoms with Gasteiger partial charge in [-0.25, -0.2) is 19.7 Å². The van der Waals surface area contributed by atoms with Crippen LogP contribution in [0.25, 0.3) is 11.4 Å². The fourth-order valence-corrected chi connectivity index (χ4v) is 4.72. The van der Waals surface area contributed by atoms with Crippen LogP contribution in [-0.4, -0.2) is 40.3 Å². The molecule has 0 saturated heterocycles. The van der Waals surface area contributed by atoms with Crippen molar-refractivity contribution in [2.45, 2.75) is 78.4 Å². The number of nitrogens with zero attached hydrogens (tertiary/aromatic N) is 3. The second kappa shape index (κ2) is 11.5. The fraction of sp³-hybridized carbons (Fsp3) is 0.419. The van der Waals surface area contributed by atoms with Crippen molar-refractivity contribution in [1.82, 2.24) is 9.97 Å². The van der Waals surface area contributed by atoms with E-state index >= 15 is 0 Å². The van der Waals surface area contributed by atoms with Crippen LogP contribution in [0.2, 0.25) is 5.02 Å². The average Bonchev–Trinajstić information content (AvgIpc) is 3.32. The number of fused-ring (bicyclic) bond motifs is 1. The summed E-state index contributed by atoms with van der Waals surface area (Å²) in [7, 11) is 1.56. The molecule has 0 saturated carbocycles. The van der Waals surface area contributed by atoms with Gasteiger partial charge >= 0.3 is 12.1 Å². The minimum absolute atomic E-state index is 0.120. The van der Waals surface area contributed by atoms with Crippen LogP contribution in [0.1, 0.15) is 64.8 Å². The number of amides is 1. The molecule has 0 spiro atoms. The maximum absolute atomic E-state index is 13.7. The summed E-state index contributed by atoms with van der Waals surface area (Å²) in [6, 6.07) is 12.6. The maximum Gasteiger partial charge on any atom is 0.420 e. The van der Waals surface area contributed by atoms with Crippen molar-refractivity contribution in [3.8, 4) is 17.1 Å². The second-order valence-corrected chi connectivity index (χ2v) is 12.2. The third-order valence-electron chi connectivity index (χ3n) is 6.07. The second-order valence-electron chi connectivity index (χ2n) is 11.7. The molecule has 0 atom stereocenters. The number of methoxy groups -OCH3 is 1. The van der Waals surface area contributed by atoms with E-state index in [4.69, 9.17) is 35.8 Å². The number of carbonyl (C=O) groups is 2. The third-order valence-corrected chi connectivity index (χ3v) is 6.37. The summed E-state index contributed by atoms with van der Waals surface area (Å²) in [6.07, 6.45) is 1.98.